The minimum Gasteiger partial charge on any atom is -0.379 e. The first-order valence-electron chi connectivity index (χ1n) is 33.4. The fraction of sp³-hybridized carbons (Fsp3) is 0.357. The van der Waals surface area contributed by atoms with Crippen LogP contribution in [0, 0.1) is 125 Å². The molecule has 9 rings (SSSR count). The largest absolute Gasteiger partial charge is 0.640 e. The SMILES string of the molecule is CCCC(OB(OC(CCC)c1ccc(-c2c(C)cc(C)c(Br)c2C)cc1-c1c(C)cc(C)c(Br)c1C)OC(CCC)c1ccc(-c2c(C)cc(C)c(Br)c2C)cc1-c1c(C)cc(C)c(Br)c1C)c1ccc(-c2c(C)cc(C)c(Br)c2C)cc1-c1c(C)cc(C)c(Br)c1C. The van der Waals surface area contributed by atoms with Gasteiger partial charge in [0.1, 0.15) is 0 Å². The van der Waals surface area contributed by atoms with Crippen molar-refractivity contribution in [3.63, 3.8) is 0 Å². The first-order chi connectivity index (χ1) is 44.4. The van der Waals surface area contributed by atoms with Crippen LogP contribution in [0.25, 0.3) is 66.8 Å². The summed E-state index contributed by atoms with van der Waals surface area (Å²) in [6.45, 7) is 46.8. The topological polar surface area (TPSA) is 27.7 Å². The molecule has 94 heavy (non-hydrogen) atoms. The molecule has 0 spiro atoms. The smallest absolute Gasteiger partial charge is 0.379 e. The van der Waals surface area contributed by atoms with E-state index in [0.717, 1.165) is 96.2 Å². The Kier molecular flexibility index (Phi) is 24.4. The van der Waals surface area contributed by atoms with Crippen LogP contribution in [-0.2, 0) is 14.0 Å². The van der Waals surface area contributed by atoms with E-state index in [2.05, 4.69) is 332 Å². The molecule has 0 aromatic heterocycles. The van der Waals surface area contributed by atoms with Crippen molar-refractivity contribution in [2.75, 3.05) is 0 Å². The number of hydrogen-bond acceptors (Lipinski definition) is 3. The minimum atomic E-state index is -1.14. The Labute approximate surface area is 614 Å². The molecule has 9 aromatic rings. The van der Waals surface area contributed by atoms with Crippen molar-refractivity contribution in [2.45, 2.75) is 202 Å². The highest BCUT2D eigenvalue weighted by atomic mass is 79.9. The van der Waals surface area contributed by atoms with E-state index in [-0.39, 0.29) is 0 Å². The van der Waals surface area contributed by atoms with Crippen LogP contribution < -0.4 is 0 Å². The fourth-order valence-corrected chi connectivity index (χ4v) is 17.2. The van der Waals surface area contributed by atoms with Crippen LogP contribution in [0.1, 0.15) is 194 Å². The van der Waals surface area contributed by atoms with Gasteiger partial charge in [0.15, 0.2) is 0 Å². The van der Waals surface area contributed by atoms with E-state index in [1.807, 2.05) is 0 Å². The molecule has 0 fully saturated rings. The molecule has 0 N–H and O–H groups in total. The Balaban J connectivity index is 1.33. The maximum atomic E-state index is 7.96. The highest BCUT2D eigenvalue weighted by Crippen LogP contribution is 2.49. The van der Waals surface area contributed by atoms with Gasteiger partial charge in [0.25, 0.3) is 0 Å². The van der Waals surface area contributed by atoms with Crippen LogP contribution in [0.15, 0.2) is 118 Å². The van der Waals surface area contributed by atoms with Crippen molar-refractivity contribution in [3.05, 3.63) is 235 Å². The zero-order valence-electron chi connectivity index (χ0n) is 59.2. The summed E-state index contributed by atoms with van der Waals surface area (Å²) in [5.41, 5.74) is 39.4. The molecule has 0 saturated heterocycles. The molecule has 0 radical (unpaired) electrons. The van der Waals surface area contributed by atoms with E-state index in [1.54, 1.807) is 0 Å². The van der Waals surface area contributed by atoms with Gasteiger partial charge in [-0.25, -0.2) is 0 Å². The summed E-state index contributed by atoms with van der Waals surface area (Å²) < 4.78 is 30.6. The summed E-state index contributed by atoms with van der Waals surface area (Å²) in [6.07, 6.45) is 3.35. The highest BCUT2D eigenvalue weighted by molar-refractivity contribution is 9.11. The lowest BCUT2D eigenvalue weighted by Gasteiger charge is -2.32. The summed E-state index contributed by atoms with van der Waals surface area (Å²) in [4.78, 5) is 0. The molecule has 0 saturated carbocycles. The zero-order chi connectivity index (χ0) is 68.8. The second kappa shape index (κ2) is 30.9. The van der Waals surface area contributed by atoms with E-state index in [9.17, 15) is 0 Å². The van der Waals surface area contributed by atoms with Crippen molar-refractivity contribution >= 4 is 103 Å². The average molecular weight is 1640 g/mol. The molecular formula is C84H93BBr6O3. The van der Waals surface area contributed by atoms with Gasteiger partial charge in [-0.3, -0.25) is 0 Å². The van der Waals surface area contributed by atoms with Crippen molar-refractivity contribution in [1.29, 1.82) is 0 Å². The molecule has 492 valence electrons. The second-order valence-corrected chi connectivity index (χ2v) is 31.6. The molecular weight excluding hydrogens is 1550 g/mol. The lowest BCUT2D eigenvalue weighted by atomic mass is 9.84. The van der Waals surface area contributed by atoms with E-state index in [4.69, 9.17) is 14.0 Å². The van der Waals surface area contributed by atoms with Gasteiger partial charge >= 0.3 is 7.32 Å². The molecule has 3 nitrogen and oxygen atoms in total. The lowest BCUT2D eigenvalue weighted by Crippen LogP contribution is -2.33. The quantitative estimate of drug-likeness (QED) is 0.0671. The van der Waals surface area contributed by atoms with Gasteiger partial charge in [0, 0.05) is 26.8 Å². The molecule has 0 amide bonds. The van der Waals surface area contributed by atoms with E-state index in [1.165, 1.54) is 134 Å². The third kappa shape index (κ3) is 14.7. The summed E-state index contributed by atoms with van der Waals surface area (Å²) >= 11 is 24.2. The number of benzene rings is 9. The third-order valence-corrected chi connectivity index (χ3v) is 26.9. The number of rotatable bonds is 21. The summed E-state index contributed by atoms with van der Waals surface area (Å²) in [5.74, 6) is 0. The van der Waals surface area contributed by atoms with Crippen molar-refractivity contribution in [3.8, 4) is 66.8 Å². The van der Waals surface area contributed by atoms with E-state index in [0.29, 0.717) is 19.3 Å². The first-order valence-corrected chi connectivity index (χ1v) is 38.2. The minimum absolute atomic E-state index is 0.454. The summed E-state index contributed by atoms with van der Waals surface area (Å²) in [5, 5.41) is 0. The third-order valence-electron chi connectivity index (χ3n) is 19.6. The van der Waals surface area contributed by atoms with Gasteiger partial charge < -0.3 is 14.0 Å². The van der Waals surface area contributed by atoms with Crippen LogP contribution in [0.2, 0.25) is 0 Å². The summed E-state index contributed by atoms with van der Waals surface area (Å²) in [7, 11) is -1.14. The number of aryl methyl sites for hydroxylation is 12. The Morgan fingerprint density at radius 1 is 0.266 bits per heavy atom. The van der Waals surface area contributed by atoms with E-state index < -0.39 is 25.6 Å². The fourth-order valence-electron chi connectivity index (χ4n) is 15.3. The van der Waals surface area contributed by atoms with E-state index >= 15 is 0 Å². The van der Waals surface area contributed by atoms with Crippen LogP contribution in [0.3, 0.4) is 0 Å². The molecule has 0 heterocycles. The summed E-state index contributed by atoms with van der Waals surface area (Å²) in [6, 6.07) is 35.1. The molecule has 3 atom stereocenters. The van der Waals surface area contributed by atoms with Crippen LogP contribution in [0.4, 0.5) is 0 Å². The average Bonchev–Trinajstić information content (AvgIpc) is 0.772. The molecule has 0 aliphatic carbocycles. The lowest BCUT2D eigenvalue weighted by molar-refractivity contribution is -0.000204. The normalized spacial score (nSPS) is 12.7. The number of hydrogen-bond donors (Lipinski definition) is 0. The number of halogens is 6. The Morgan fingerprint density at radius 2 is 0.457 bits per heavy atom. The predicted octanol–water partition coefficient (Wildman–Crippen LogP) is 28.8. The standard InChI is InChI=1S/C84H93BBr6O3/c1-22-25-70(64-31-28-61(73-43(4)34-49(10)79(86)55(73)16)40-67(64)76-46(7)37-52(13)82(89)58(76)19)92-85(93-71(26-23-2)65-32-29-62(74-44(5)35-50(11)80(87)56(74)17)41-68(65)77-47(8)38-53(14)83(90)59(77)20)94-72(27-24-3)66-33-30-63(75-45(6)36-51(12)81(88)57(75)18)42-69(66)78-48(9)39-54(15)84(91)60(78)21/h28-42,70-72H,22-27H2,1-21H3. The van der Waals surface area contributed by atoms with Gasteiger partial charge in [0.05, 0.1) is 18.3 Å². The molecule has 0 bridgehead atoms. The molecule has 0 aliphatic heterocycles. The molecule has 3 unspecified atom stereocenters. The van der Waals surface area contributed by atoms with Crippen LogP contribution >= 0.6 is 95.6 Å². The van der Waals surface area contributed by atoms with Gasteiger partial charge in [-0.2, -0.15) is 0 Å². The Hall–Kier alpha value is -4.20. The van der Waals surface area contributed by atoms with Gasteiger partial charge in [-0.05, 0) is 346 Å². The van der Waals surface area contributed by atoms with Crippen molar-refractivity contribution in [2.24, 2.45) is 0 Å². The van der Waals surface area contributed by atoms with Crippen molar-refractivity contribution < 1.29 is 14.0 Å². The highest BCUT2D eigenvalue weighted by Gasteiger charge is 2.37. The Morgan fingerprint density at radius 3 is 0.660 bits per heavy atom. The second-order valence-electron chi connectivity index (χ2n) is 26.9. The maximum absolute atomic E-state index is 7.96. The monoisotopic (exact) mass is 1630 g/mol. The van der Waals surface area contributed by atoms with Crippen LogP contribution in [-0.4, -0.2) is 7.32 Å². The first kappa shape index (κ1) is 74.0. The molecule has 10 heteroatoms. The predicted molar refractivity (Wildman–Crippen MR) is 425 cm³/mol. The van der Waals surface area contributed by atoms with Gasteiger partial charge in [0.2, 0.25) is 0 Å². The molecule has 9 aromatic carbocycles. The van der Waals surface area contributed by atoms with Gasteiger partial charge in [-0.15, -0.1) is 0 Å². The Bertz CT molecular complexity index is 3980. The zero-order valence-corrected chi connectivity index (χ0v) is 68.7. The van der Waals surface area contributed by atoms with Crippen molar-refractivity contribution in [1.82, 2.24) is 0 Å². The van der Waals surface area contributed by atoms with Crippen LogP contribution in [0.5, 0.6) is 0 Å². The molecule has 0 aliphatic rings. The van der Waals surface area contributed by atoms with Gasteiger partial charge in [-0.1, -0.05) is 208 Å². The maximum Gasteiger partial charge on any atom is 0.640 e.